The summed E-state index contributed by atoms with van der Waals surface area (Å²) >= 11 is 0. The molecule has 0 aromatic carbocycles. The number of ether oxygens (including phenoxy) is 1. The maximum absolute atomic E-state index is 11.0. The molecule has 0 unspecified atom stereocenters. The maximum atomic E-state index is 11.0. The Hall–Kier alpha value is -1.51. The summed E-state index contributed by atoms with van der Waals surface area (Å²) in [5, 5.41) is 38.2. The van der Waals surface area contributed by atoms with Crippen LogP contribution in [-0.4, -0.2) is 82.3 Å². The standard InChI is InChI=1S/C10H20N2O6.C2HF3O2/c1-3-11-18-10-7(12-5(2)14)9(16)8(15)6(4-13)17-10;3-2(4,5)1(6)7/h6-11,13,15-16H,3-4H2,1-2H3,(H,12,14);(H,6,7)/t6-,7-,8-,9-,10-;/m1./s1. The lowest BCUT2D eigenvalue weighted by Crippen LogP contribution is -2.65. The molecule has 1 aliphatic rings. The second kappa shape index (κ2) is 10.5. The van der Waals surface area contributed by atoms with Crippen molar-refractivity contribution in [3.63, 3.8) is 0 Å². The number of hydroxylamine groups is 1. The van der Waals surface area contributed by atoms with Crippen LogP contribution in [0.25, 0.3) is 0 Å². The Balaban J connectivity index is 0.000000697. The average Bonchev–Trinajstić information content (AvgIpc) is 2.50. The predicted octanol–water partition coefficient (Wildman–Crippen LogP) is -1.90. The number of alkyl halides is 3. The van der Waals surface area contributed by atoms with Gasteiger partial charge in [0.25, 0.3) is 0 Å². The van der Waals surface area contributed by atoms with Crippen LogP contribution in [0.1, 0.15) is 13.8 Å². The zero-order valence-corrected chi connectivity index (χ0v) is 13.4. The number of aliphatic hydroxyl groups excluding tert-OH is 3. The fourth-order valence-electron chi connectivity index (χ4n) is 1.74. The maximum Gasteiger partial charge on any atom is 0.490 e. The van der Waals surface area contributed by atoms with Crippen LogP contribution in [0.2, 0.25) is 0 Å². The van der Waals surface area contributed by atoms with Crippen molar-refractivity contribution in [1.82, 2.24) is 10.8 Å². The fraction of sp³-hybridized carbons (Fsp3) is 0.833. The quantitative estimate of drug-likeness (QED) is 0.301. The number of hydrogen-bond acceptors (Lipinski definition) is 8. The molecule has 0 radical (unpaired) electrons. The van der Waals surface area contributed by atoms with E-state index in [2.05, 4.69) is 10.8 Å². The molecule has 1 heterocycles. The number of amides is 1. The molecule has 0 aromatic heterocycles. The van der Waals surface area contributed by atoms with E-state index in [-0.39, 0.29) is 5.91 Å². The molecule has 1 aliphatic heterocycles. The Morgan fingerprint density at radius 1 is 1.24 bits per heavy atom. The third-order valence-electron chi connectivity index (χ3n) is 2.84. The summed E-state index contributed by atoms with van der Waals surface area (Å²) < 4.78 is 37.0. The SMILES string of the molecule is CCNO[C@H]1O[C@H](CO)[C@@H](O)[C@H](O)[C@H]1NC(C)=O.O=C(O)C(F)(F)F. The third kappa shape index (κ3) is 7.94. The van der Waals surface area contributed by atoms with E-state index in [1.54, 1.807) is 6.92 Å². The van der Waals surface area contributed by atoms with Crippen molar-refractivity contribution in [3.05, 3.63) is 0 Å². The molecule has 1 fully saturated rings. The van der Waals surface area contributed by atoms with E-state index < -0.39 is 49.4 Å². The van der Waals surface area contributed by atoms with Crippen LogP contribution in [0.3, 0.4) is 0 Å². The highest BCUT2D eigenvalue weighted by Gasteiger charge is 2.45. The average molecular weight is 378 g/mol. The third-order valence-corrected chi connectivity index (χ3v) is 2.84. The van der Waals surface area contributed by atoms with Gasteiger partial charge in [0.15, 0.2) is 0 Å². The van der Waals surface area contributed by atoms with E-state index in [0.29, 0.717) is 6.54 Å². The monoisotopic (exact) mass is 378 g/mol. The number of carboxylic acids is 1. The second-order valence-corrected chi connectivity index (χ2v) is 4.85. The van der Waals surface area contributed by atoms with Crippen molar-refractivity contribution >= 4 is 11.9 Å². The highest BCUT2D eigenvalue weighted by Crippen LogP contribution is 2.21. The molecular weight excluding hydrogens is 357 g/mol. The van der Waals surface area contributed by atoms with Crippen LogP contribution in [-0.2, 0) is 19.2 Å². The molecular formula is C12H21F3N2O8. The summed E-state index contributed by atoms with van der Waals surface area (Å²) in [4.78, 5) is 25.1. The molecule has 148 valence electrons. The molecule has 1 rings (SSSR count). The number of carboxylic acid groups (broad SMARTS) is 1. The Morgan fingerprint density at radius 3 is 2.12 bits per heavy atom. The first-order valence-corrected chi connectivity index (χ1v) is 7.03. The minimum atomic E-state index is -5.08. The van der Waals surface area contributed by atoms with Crippen LogP contribution in [0.4, 0.5) is 13.2 Å². The number of nitrogens with one attached hydrogen (secondary N) is 2. The van der Waals surface area contributed by atoms with Gasteiger partial charge in [0, 0.05) is 13.5 Å². The van der Waals surface area contributed by atoms with Gasteiger partial charge in [-0.15, -0.1) is 0 Å². The Kier molecular flexibility index (Phi) is 9.84. The van der Waals surface area contributed by atoms with Gasteiger partial charge in [0.2, 0.25) is 12.2 Å². The summed E-state index contributed by atoms with van der Waals surface area (Å²) in [6.45, 7) is 3.11. The van der Waals surface area contributed by atoms with Crippen molar-refractivity contribution in [2.75, 3.05) is 13.2 Å². The second-order valence-electron chi connectivity index (χ2n) is 4.85. The van der Waals surface area contributed by atoms with Gasteiger partial charge in [-0.25, -0.2) is 4.79 Å². The summed E-state index contributed by atoms with van der Waals surface area (Å²) in [5.41, 5.74) is 2.55. The largest absolute Gasteiger partial charge is 0.490 e. The van der Waals surface area contributed by atoms with Gasteiger partial charge in [-0.2, -0.15) is 18.7 Å². The first kappa shape index (κ1) is 23.5. The molecule has 10 nitrogen and oxygen atoms in total. The van der Waals surface area contributed by atoms with Crippen molar-refractivity contribution < 1.29 is 52.8 Å². The topological polar surface area (TPSA) is 158 Å². The number of halogens is 3. The number of aliphatic carboxylic acids is 1. The van der Waals surface area contributed by atoms with Gasteiger partial charge in [-0.3, -0.25) is 9.63 Å². The molecule has 5 atom stereocenters. The van der Waals surface area contributed by atoms with E-state index in [1.807, 2.05) is 0 Å². The van der Waals surface area contributed by atoms with Gasteiger partial charge in [0.05, 0.1) is 6.61 Å². The molecule has 1 amide bonds. The molecule has 0 saturated carbocycles. The van der Waals surface area contributed by atoms with Crippen molar-refractivity contribution in [3.8, 4) is 0 Å². The fourth-order valence-corrected chi connectivity index (χ4v) is 1.74. The molecule has 0 bridgehead atoms. The van der Waals surface area contributed by atoms with Crippen LogP contribution >= 0.6 is 0 Å². The van der Waals surface area contributed by atoms with Crippen molar-refractivity contribution in [2.24, 2.45) is 0 Å². The predicted molar refractivity (Wildman–Crippen MR) is 73.8 cm³/mol. The minimum Gasteiger partial charge on any atom is -0.475 e. The first-order valence-electron chi connectivity index (χ1n) is 7.03. The van der Waals surface area contributed by atoms with Crippen molar-refractivity contribution in [1.29, 1.82) is 0 Å². The van der Waals surface area contributed by atoms with Gasteiger partial charge >= 0.3 is 12.1 Å². The van der Waals surface area contributed by atoms with Gasteiger partial charge in [-0.05, 0) is 0 Å². The normalized spacial score (nSPS) is 29.4. The summed E-state index contributed by atoms with van der Waals surface area (Å²) in [5.74, 6) is -3.14. The molecule has 13 heteroatoms. The molecule has 1 saturated heterocycles. The van der Waals surface area contributed by atoms with Gasteiger partial charge < -0.3 is 30.5 Å². The minimum absolute atomic E-state index is 0.387. The first-order chi connectivity index (χ1) is 11.4. The van der Waals surface area contributed by atoms with Crippen LogP contribution < -0.4 is 10.8 Å². The summed E-state index contributed by atoms with van der Waals surface area (Å²) in [7, 11) is 0. The van der Waals surface area contributed by atoms with Gasteiger partial charge in [-0.1, -0.05) is 6.92 Å². The number of hydrogen-bond donors (Lipinski definition) is 6. The van der Waals surface area contributed by atoms with Crippen LogP contribution in [0.5, 0.6) is 0 Å². The zero-order valence-electron chi connectivity index (χ0n) is 13.4. The smallest absolute Gasteiger partial charge is 0.475 e. The summed E-state index contributed by atoms with van der Waals surface area (Å²) in [6, 6.07) is -0.917. The Labute approximate surface area is 140 Å². The molecule has 0 spiro atoms. The van der Waals surface area contributed by atoms with Crippen LogP contribution in [0.15, 0.2) is 0 Å². The Bertz CT molecular complexity index is 437. The number of carbonyl (C=O) groups excluding carboxylic acids is 1. The van der Waals surface area contributed by atoms with E-state index in [9.17, 15) is 28.2 Å². The highest BCUT2D eigenvalue weighted by molar-refractivity contribution is 5.73. The molecule has 0 aliphatic carbocycles. The number of rotatable bonds is 5. The van der Waals surface area contributed by atoms with E-state index in [4.69, 9.17) is 24.6 Å². The molecule has 6 N–H and O–H groups in total. The zero-order chi connectivity index (χ0) is 19.8. The number of aliphatic hydroxyl groups is 3. The molecule has 25 heavy (non-hydrogen) atoms. The van der Waals surface area contributed by atoms with E-state index in [0.717, 1.165) is 0 Å². The highest BCUT2D eigenvalue weighted by atomic mass is 19.4. The lowest BCUT2D eigenvalue weighted by Gasteiger charge is -2.41. The van der Waals surface area contributed by atoms with Crippen molar-refractivity contribution in [2.45, 2.75) is 50.7 Å². The molecule has 0 aromatic rings. The van der Waals surface area contributed by atoms with Gasteiger partial charge in [0.1, 0.15) is 24.4 Å². The Morgan fingerprint density at radius 2 is 1.76 bits per heavy atom. The lowest BCUT2D eigenvalue weighted by molar-refractivity contribution is -0.286. The van der Waals surface area contributed by atoms with Crippen LogP contribution in [0, 0.1) is 0 Å². The van der Waals surface area contributed by atoms with E-state index >= 15 is 0 Å². The number of carbonyl (C=O) groups is 2. The lowest BCUT2D eigenvalue weighted by atomic mass is 9.97. The van der Waals surface area contributed by atoms with E-state index in [1.165, 1.54) is 6.92 Å². The summed E-state index contributed by atoms with van der Waals surface area (Å²) in [6.07, 6.45) is -9.63.